The molecule has 2 aromatic rings. The Morgan fingerprint density at radius 1 is 1.23 bits per heavy atom. The van der Waals surface area contributed by atoms with E-state index < -0.39 is 5.60 Å². The first-order valence-corrected chi connectivity index (χ1v) is 5.15. The maximum absolute atomic E-state index is 9.79. The molecule has 0 fully saturated rings. The van der Waals surface area contributed by atoms with Crippen molar-refractivity contribution in [3.05, 3.63) is 35.2 Å². The van der Waals surface area contributed by atoms with E-state index >= 15 is 0 Å². The van der Waals surface area contributed by atoms with Crippen LogP contribution in [0.1, 0.15) is 19.4 Å². The minimum atomic E-state index is -0.738. The van der Waals surface area contributed by atoms with Crippen molar-refractivity contribution in [1.82, 2.24) is 0 Å². The van der Waals surface area contributed by atoms with E-state index in [0.29, 0.717) is 0 Å². The van der Waals surface area contributed by atoms with E-state index in [4.69, 9.17) is 0 Å². The molecule has 0 saturated carbocycles. The predicted octanol–water partition coefficient (Wildman–Crippen LogP) is 3.13. The molecule has 0 aliphatic rings. The fourth-order valence-corrected chi connectivity index (χ4v) is 2.16. The van der Waals surface area contributed by atoms with Gasteiger partial charge in [0.05, 0.1) is 5.60 Å². The third-order valence-corrected chi connectivity index (χ3v) is 3.04. The highest BCUT2D eigenvalue weighted by Gasteiger charge is 2.15. The quantitative estimate of drug-likeness (QED) is 0.736. The zero-order valence-corrected chi connectivity index (χ0v) is 8.56. The second-order valence-electron chi connectivity index (χ2n) is 3.73. The lowest BCUT2D eigenvalue weighted by molar-refractivity contribution is 0.0787. The Balaban J connectivity index is 2.61. The first kappa shape index (κ1) is 8.73. The van der Waals surface area contributed by atoms with Gasteiger partial charge in [-0.25, -0.2) is 0 Å². The van der Waals surface area contributed by atoms with Crippen molar-refractivity contribution in [3.8, 4) is 0 Å². The SMILES string of the molecule is CC(C)(O)c1ccc2ccsc2c1. The molecule has 0 saturated heterocycles. The molecule has 1 N–H and O–H groups in total. The molecule has 13 heavy (non-hydrogen) atoms. The molecule has 1 aromatic carbocycles. The lowest BCUT2D eigenvalue weighted by Crippen LogP contribution is -2.14. The first-order chi connectivity index (χ1) is 6.07. The number of rotatable bonds is 1. The highest BCUT2D eigenvalue weighted by atomic mass is 32.1. The minimum absolute atomic E-state index is 0.738. The van der Waals surface area contributed by atoms with Crippen LogP contribution in [0.3, 0.4) is 0 Å². The van der Waals surface area contributed by atoms with Crippen LogP contribution in [0.15, 0.2) is 29.6 Å². The van der Waals surface area contributed by atoms with E-state index in [2.05, 4.69) is 23.6 Å². The van der Waals surface area contributed by atoms with Gasteiger partial charge in [0.1, 0.15) is 0 Å². The normalized spacial score (nSPS) is 12.2. The number of benzene rings is 1. The van der Waals surface area contributed by atoms with Gasteiger partial charge in [-0.05, 0) is 42.3 Å². The van der Waals surface area contributed by atoms with Gasteiger partial charge in [0, 0.05) is 4.70 Å². The molecule has 1 aromatic heterocycles. The summed E-state index contributed by atoms with van der Waals surface area (Å²) in [6.45, 7) is 3.61. The Bertz CT molecular complexity index is 423. The van der Waals surface area contributed by atoms with E-state index in [1.54, 1.807) is 11.3 Å². The molecule has 0 unspecified atom stereocenters. The molecule has 0 atom stereocenters. The second-order valence-corrected chi connectivity index (χ2v) is 4.68. The molecule has 2 heteroatoms. The Morgan fingerprint density at radius 3 is 2.69 bits per heavy atom. The van der Waals surface area contributed by atoms with Crippen LogP contribution in [0.4, 0.5) is 0 Å². The standard InChI is InChI=1S/C11H12OS/c1-11(2,12)9-4-3-8-5-6-13-10(8)7-9/h3-7,12H,1-2H3. The molecule has 0 aliphatic heterocycles. The third kappa shape index (κ3) is 1.60. The number of aliphatic hydroxyl groups is 1. The van der Waals surface area contributed by atoms with Crippen LogP contribution >= 0.6 is 11.3 Å². The highest BCUT2D eigenvalue weighted by molar-refractivity contribution is 7.17. The molecule has 68 valence electrons. The zero-order chi connectivity index (χ0) is 9.47. The summed E-state index contributed by atoms with van der Waals surface area (Å²) in [6.07, 6.45) is 0. The second kappa shape index (κ2) is 2.82. The molecule has 0 amide bonds. The van der Waals surface area contributed by atoms with Crippen molar-refractivity contribution in [1.29, 1.82) is 0 Å². The minimum Gasteiger partial charge on any atom is -0.386 e. The number of hydrogen-bond acceptors (Lipinski definition) is 2. The van der Waals surface area contributed by atoms with Crippen molar-refractivity contribution in [2.45, 2.75) is 19.4 Å². The van der Waals surface area contributed by atoms with Gasteiger partial charge in [-0.15, -0.1) is 11.3 Å². The largest absolute Gasteiger partial charge is 0.386 e. The number of thiophene rings is 1. The van der Waals surface area contributed by atoms with Crippen LogP contribution in [0.25, 0.3) is 10.1 Å². The van der Waals surface area contributed by atoms with Crippen molar-refractivity contribution in [3.63, 3.8) is 0 Å². The van der Waals surface area contributed by atoms with E-state index in [0.717, 1.165) is 5.56 Å². The Kier molecular flexibility index (Phi) is 1.90. The summed E-state index contributed by atoms with van der Waals surface area (Å²) in [5, 5.41) is 13.1. The summed E-state index contributed by atoms with van der Waals surface area (Å²) in [4.78, 5) is 0. The summed E-state index contributed by atoms with van der Waals surface area (Å²) in [7, 11) is 0. The molecular formula is C11H12OS. The molecular weight excluding hydrogens is 180 g/mol. The molecule has 1 heterocycles. The van der Waals surface area contributed by atoms with Gasteiger partial charge in [-0.1, -0.05) is 12.1 Å². The fourth-order valence-electron chi connectivity index (χ4n) is 1.34. The lowest BCUT2D eigenvalue weighted by atomic mass is 9.98. The Labute approximate surface area is 81.6 Å². The van der Waals surface area contributed by atoms with Crippen molar-refractivity contribution in [2.75, 3.05) is 0 Å². The number of fused-ring (bicyclic) bond motifs is 1. The maximum atomic E-state index is 9.79. The van der Waals surface area contributed by atoms with E-state index in [-0.39, 0.29) is 0 Å². The average Bonchev–Trinajstić information content (AvgIpc) is 2.47. The van der Waals surface area contributed by atoms with Gasteiger partial charge in [-0.2, -0.15) is 0 Å². The van der Waals surface area contributed by atoms with Gasteiger partial charge in [0.25, 0.3) is 0 Å². The van der Waals surface area contributed by atoms with E-state index in [9.17, 15) is 5.11 Å². The van der Waals surface area contributed by atoms with Gasteiger partial charge in [-0.3, -0.25) is 0 Å². The van der Waals surface area contributed by atoms with E-state index in [1.807, 2.05) is 19.9 Å². The maximum Gasteiger partial charge on any atom is 0.0841 e. The number of hydrogen-bond donors (Lipinski definition) is 1. The Hall–Kier alpha value is -0.860. The highest BCUT2D eigenvalue weighted by Crippen LogP contribution is 2.27. The molecule has 1 nitrogen and oxygen atoms in total. The van der Waals surface area contributed by atoms with Crippen LogP contribution in [-0.4, -0.2) is 5.11 Å². The average molecular weight is 192 g/mol. The van der Waals surface area contributed by atoms with Crippen molar-refractivity contribution >= 4 is 21.4 Å². The molecule has 0 aliphatic carbocycles. The summed E-state index contributed by atoms with van der Waals surface area (Å²) in [5.74, 6) is 0. The van der Waals surface area contributed by atoms with Crippen LogP contribution in [0, 0.1) is 0 Å². The van der Waals surface area contributed by atoms with Crippen molar-refractivity contribution < 1.29 is 5.11 Å². The van der Waals surface area contributed by atoms with E-state index in [1.165, 1.54) is 10.1 Å². The molecule has 0 bridgehead atoms. The molecule has 0 radical (unpaired) electrons. The van der Waals surface area contributed by atoms with Gasteiger partial charge >= 0.3 is 0 Å². The summed E-state index contributed by atoms with van der Waals surface area (Å²) in [6, 6.07) is 8.18. The topological polar surface area (TPSA) is 20.2 Å². The third-order valence-electron chi connectivity index (χ3n) is 2.16. The Morgan fingerprint density at radius 2 is 2.00 bits per heavy atom. The monoisotopic (exact) mass is 192 g/mol. The summed E-state index contributed by atoms with van der Waals surface area (Å²) < 4.78 is 1.24. The van der Waals surface area contributed by atoms with Crippen LogP contribution in [0.2, 0.25) is 0 Å². The van der Waals surface area contributed by atoms with Gasteiger partial charge < -0.3 is 5.11 Å². The van der Waals surface area contributed by atoms with Crippen molar-refractivity contribution in [2.24, 2.45) is 0 Å². The first-order valence-electron chi connectivity index (χ1n) is 4.27. The molecule has 2 rings (SSSR count). The smallest absolute Gasteiger partial charge is 0.0841 e. The summed E-state index contributed by atoms with van der Waals surface area (Å²) >= 11 is 1.71. The van der Waals surface area contributed by atoms with Gasteiger partial charge in [0.2, 0.25) is 0 Å². The van der Waals surface area contributed by atoms with Crippen LogP contribution in [0.5, 0.6) is 0 Å². The van der Waals surface area contributed by atoms with Gasteiger partial charge in [0.15, 0.2) is 0 Å². The summed E-state index contributed by atoms with van der Waals surface area (Å²) in [5.41, 5.74) is 0.237. The van der Waals surface area contributed by atoms with Crippen LogP contribution < -0.4 is 0 Å². The fraction of sp³-hybridized carbons (Fsp3) is 0.273. The lowest BCUT2D eigenvalue weighted by Gasteiger charge is -2.17. The predicted molar refractivity (Wildman–Crippen MR) is 57.1 cm³/mol. The van der Waals surface area contributed by atoms with Crippen LogP contribution in [-0.2, 0) is 5.60 Å². The zero-order valence-electron chi connectivity index (χ0n) is 7.74. The molecule has 0 spiro atoms.